The predicted octanol–water partition coefficient (Wildman–Crippen LogP) is 2.14. The molecule has 1 unspecified atom stereocenters. The molecule has 1 fully saturated rings. The van der Waals surface area contributed by atoms with Crippen LogP contribution in [0.15, 0.2) is 18.2 Å². The molecule has 1 atom stereocenters. The van der Waals surface area contributed by atoms with Crippen molar-refractivity contribution in [2.45, 2.75) is 44.7 Å². The number of nitrogens with one attached hydrogen (secondary N) is 2. The van der Waals surface area contributed by atoms with E-state index in [1.165, 1.54) is 0 Å². The summed E-state index contributed by atoms with van der Waals surface area (Å²) < 4.78 is 26.8. The lowest BCUT2D eigenvalue weighted by Gasteiger charge is -2.32. The number of hydrogen-bond donors (Lipinski definition) is 3. The standard InChI is InChI=1S/C16H25F2N3/c1-11-6-12(4-2-3-5-19)8-13(7-11)15(16(17)18)21-14-9-20-10-14/h6-8,14-16,20-21H,2-5,9-10,19H2,1H3. The first kappa shape index (κ1) is 16.3. The van der Waals surface area contributed by atoms with E-state index in [1.54, 1.807) is 0 Å². The van der Waals surface area contributed by atoms with E-state index in [0.29, 0.717) is 12.1 Å². The van der Waals surface area contributed by atoms with Gasteiger partial charge in [0.25, 0.3) is 6.43 Å². The molecular weight excluding hydrogens is 272 g/mol. The number of unbranched alkanes of at least 4 members (excludes halogenated alkanes) is 1. The SMILES string of the molecule is Cc1cc(CCCCN)cc(C(NC2CNC2)C(F)F)c1. The third-order valence-electron chi connectivity index (χ3n) is 3.89. The van der Waals surface area contributed by atoms with Crippen LogP contribution < -0.4 is 16.4 Å². The summed E-state index contributed by atoms with van der Waals surface area (Å²) in [6.45, 7) is 4.16. The van der Waals surface area contributed by atoms with E-state index in [4.69, 9.17) is 5.73 Å². The molecule has 1 aromatic carbocycles. The summed E-state index contributed by atoms with van der Waals surface area (Å²) >= 11 is 0. The second-order valence-electron chi connectivity index (χ2n) is 5.83. The normalized spacial score (nSPS) is 17.0. The molecule has 2 rings (SSSR count). The fourth-order valence-electron chi connectivity index (χ4n) is 2.67. The monoisotopic (exact) mass is 297 g/mol. The highest BCUT2D eigenvalue weighted by molar-refractivity contribution is 5.32. The molecule has 4 N–H and O–H groups in total. The molecule has 21 heavy (non-hydrogen) atoms. The third-order valence-corrected chi connectivity index (χ3v) is 3.89. The molecule has 0 radical (unpaired) electrons. The molecule has 1 aliphatic heterocycles. The van der Waals surface area contributed by atoms with Crippen LogP contribution in [0.4, 0.5) is 8.78 Å². The fraction of sp³-hybridized carbons (Fsp3) is 0.625. The van der Waals surface area contributed by atoms with E-state index in [9.17, 15) is 8.78 Å². The van der Waals surface area contributed by atoms with Crippen molar-refractivity contribution in [3.05, 3.63) is 34.9 Å². The maximum absolute atomic E-state index is 13.4. The van der Waals surface area contributed by atoms with Crippen LogP contribution in [0.1, 0.15) is 35.6 Å². The van der Waals surface area contributed by atoms with Crippen LogP contribution in [0.25, 0.3) is 0 Å². The number of alkyl halides is 2. The van der Waals surface area contributed by atoms with Crippen molar-refractivity contribution in [2.75, 3.05) is 19.6 Å². The smallest absolute Gasteiger partial charge is 0.257 e. The van der Waals surface area contributed by atoms with Gasteiger partial charge in [0, 0.05) is 19.1 Å². The number of hydrogen-bond acceptors (Lipinski definition) is 3. The van der Waals surface area contributed by atoms with Gasteiger partial charge in [-0.15, -0.1) is 0 Å². The van der Waals surface area contributed by atoms with E-state index < -0.39 is 12.5 Å². The molecule has 0 aliphatic carbocycles. The van der Waals surface area contributed by atoms with Gasteiger partial charge in [-0.05, 0) is 43.9 Å². The zero-order chi connectivity index (χ0) is 15.2. The molecule has 0 saturated carbocycles. The minimum Gasteiger partial charge on any atom is -0.330 e. The van der Waals surface area contributed by atoms with E-state index in [0.717, 1.165) is 43.5 Å². The summed E-state index contributed by atoms with van der Waals surface area (Å²) in [5.74, 6) is 0. The first-order chi connectivity index (χ1) is 10.1. The number of halogens is 2. The molecule has 0 spiro atoms. The maximum atomic E-state index is 13.4. The fourth-order valence-corrected chi connectivity index (χ4v) is 2.67. The molecule has 1 heterocycles. The summed E-state index contributed by atoms with van der Waals surface area (Å²) in [4.78, 5) is 0. The zero-order valence-electron chi connectivity index (χ0n) is 12.5. The lowest BCUT2D eigenvalue weighted by atomic mass is 9.97. The Morgan fingerprint density at radius 2 is 2.05 bits per heavy atom. The van der Waals surface area contributed by atoms with E-state index in [-0.39, 0.29) is 6.04 Å². The zero-order valence-corrected chi connectivity index (χ0v) is 12.5. The molecular formula is C16H25F2N3. The number of nitrogens with two attached hydrogens (primary N) is 1. The third kappa shape index (κ3) is 4.73. The largest absolute Gasteiger partial charge is 0.330 e. The first-order valence-electron chi connectivity index (χ1n) is 7.65. The van der Waals surface area contributed by atoms with Gasteiger partial charge in [-0.3, -0.25) is 5.32 Å². The molecule has 0 aromatic heterocycles. The highest BCUT2D eigenvalue weighted by atomic mass is 19.3. The average molecular weight is 297 g/mol. The Balaban J connectivity index is 2.10. The van der Waals surface area contributed by atoms with Gasteiger partial charge in [0.2, 0.25) is 0 Å². The molecule has 5 heteroatoms. The summed E-state index contributed by atoms with van der Waals surface area (Å²) in [5.41, 5.74) is 8.36. The van der Waals surface area contributed by atoms with Crippen molar-refractivity contribution < 1.29 is 8.78 Å². The lowest BCUT2D eigenvalue weighted by molar-refractivity contribution is 0.0868. The Kier molecular flexibility index (Phi) is 6.08. The molecule has 118 valence electrons. The van der Waals surface area contributed by atoms with Crippen LogP contribution in [-0.2, 0) is 6.42 Å². The van der Waals surface area contributed by atoms with Crippen LogP contribution in [0.3, 0.4) is 0 Å². The van der Waals surface area contributed by atoms with Gasteiger partial charge in [0.1, 0.15) is 0 Å². The van der Waals surface area contributed by atoms with Gasteiger partial charge in [-0.25, -0.2) is 8.78 Å². The van der Waals surface area contributed by atoms with Crippen LogP contribution >= 0.6 is 0 Å². The Hall–Kier alpha value is -1.04. The van der Waals surface area contributed by atoms with Gasteiger partial charge in [0.05, 0.1) is 6.04 Å². The van der Waals surface area contributed by atoms with Crippen molar-refractivity contribution in [3.8, 4) is 0 Å². The second kappa shape index (κ2) is 7.82. The second-order valence-corrected chi connectivity index (χ2v) is 5.83. The van der Waals surface area contributed by atoms with Crippen molar-refractivity contribution in [1.82, 2.24) is 10.6 Å². The highest BCUT2D eigenvalue weighted by Gasteiger charge is 2.28. The predicted molar refractivity (Wildman–Crippen MR) is 81.7 cm³/mol. The number of rotatable bonds is 8. The van der Waals surface area contributed by atoms with Gasteiger partial charge in [0.15, 0.2) is 0 Å². The number of aryl methyl sites for hydroxylation is 2. The lowest BCUT2D eigenvalue weighted by Crippen LogP contribution is -2.57. The van der Waals surface area contributed by atoms with E-state index in [2.05, 4.69) is 16.7 Å². The Morgan fingerprint density at radius 3 is 2.62 bits per heavy atom. The highest BCUT2D eigenvalue weighted by Crippen LogP contribution is 2.25. The van der Waals surface area contributed by atoms with E-state index >= 15 is 0 Å². The summed E-state index contributed by atoms with van der Waals surface area (Å²) in [7, 11) is 0. The maximum Gasteiger partial charge on any atom is 0.257 e. The van der Waals surface area contributed by atoms with Crippen LogP contribution in [0.2, 0.25) is 0 Å². The Labute approximate surface area is 125 Å². The summed E-state index contributed by atoms with van der Waals surface area (Å²) in [6.07, 6.45) is 0.461. The van der Waals surface area contributed by atoms with Crippen LogP contribution in [0, 0.1) is 6.92 Å². The summed E-state index contributed by atoms with van der Waals surface area (Å²) in [5, 5.41) is 6.15. The minimum atomic E-state index is -2.40. The topological polar surface area (TPSA) is 50.1 Å². The summed E-state index contributed by atoms with van der Waals surface area (Å²) in [6, 6.07) is 5.12. The average Bonchev–Trinajstić information content (AvgIpc) is 2.36. The first-order valence-corrected chi connectivity index (χ1v) is 7.65. The van der Waals surface area contributed by atoms with Crippen LogP contribution in [0.5, 0.6) is 0 Å². The van der Waals surface area contributed by atoms with Gasteiger partial charge in [-0.1, -0.05) is 23.8 Å². The molecule has 0 amide bonds. The number of benzene rings is 1. The van der Waals surface area contributed by atoms with Gasteiger partial charge >= 0.3 is 0 Å². The Morgan fingerprint density at radius 1 is 1.29 bits per heavy atom. The molecule has 3 nitrogen and oxygen atoms in total. The van der Waals surface area contributed by atoms with Crippen molar-refractivity contribution >= 4 is 0 Å². The molecule has 1 aromatic rings. The van der Waals surface area contributed by atoms with Crippen molar-refractivity contribution in [1.29, 1.82) is 0 Å². The molecule has 1 saturated heterocycles. The molecule has 0 bridgehead atoms. The quantitative estimate of drug-likeness (QED) is 0.644. The molecule has 1 aliphatic rings. The Bertz CT molecular complexity index is 447. The van der Waals surface area contributed by atoms with Gasteiger partial charge in [-0.2, -0.15) is 0 Å². The van der Waals surface area contributed by atoms with Crippen molar-refractivity contribution in [2.24, 2.45) is 5.73 Å². The van der Waals surface area contributed by atoms with E-state index in [1.807, 2.05) is 19.1 Å². The van der Waals surface area contributed by atoms with Crippen LogP contribution in [-0.4, -0.2) is 32.1 Å². The van der Waals surface area contributed by atoms with Gasteiger partial charge < -0.3 is 11.1 Å². The minimum absolute atomic E-state index is 0.144. The van der Waals surface area contributed by atoms with Crippen molar-refractivity contribution in [3.63, 3.8) is 0 Å².